The zero-order valence-electron chi connectivity index (χ0n) is 16.1. The van der Waals surface area contributed by atoms with Crippen LogP contribution in [0.25, 0.3) is 0 Å². The van der Waals surface area contributed by atoms with Crippen LogP contribution in [0.5, 0.6) is 5.75 Å². The smallest absolute Gasteiger partial charge is 0.123 e. The first kappa shape index (κ1) is 21.2. The number of ether oxygens (including phenoxy) is 1. The summed E-state index contributed by atoms with van der Waals surface area (Å²) in [6.45, 7) is 9.06. The van der Waals surface area contributed by atoms with Crippen LogP contribution in [0.15, 0.2) is 22.7 Å². The van der Waals surface area contributed by atoms with Crippen LogP contribution in [0.3, 0.4) is 0 Å². The fraction of sp³-hybridized carbons (Fsp3) is 0.667. The molecule has 0 aliphatic carbocycles. The molecule has 5 heteroatoms. The minimum absolute atomic E-state index is 0.627. The van der Waals surface area contributed by atoms with Crippen molar-refractivity contribution in [2.45, 2.75) is 52.0 Å². The van der Waals surface area contributed by atoms with Crippen LogP contribution in [0.1, 0.15) is 51.0 Å². The fourth-order valence-corrected chi connectivity index (χ4v) is 3.73. The van der Waals surface area contributed by atoms with Crippen molar-refractivity contribution in [3.8, 4) is 11.8 Å². The van der Waals surface area contributed by atoms with Crippen molar-refractivity contribution >= 4 is 15.9 Å². The van der Waals surface area contributed by atoms with Gasteiger partial charge in [-0.3, -0.25) is 9.80 Å². The van der Waals surface area contributed by atoms with E-state index in [0.717, 1.165) is 62.5 Å². The topological polar surface area (TPSA) is 39.5 Å². The van der Waals surface area contributed by atoms with Crippen LogP contribution in [-0.4, -0.2) is 49.1 Å². The van der Waals surface area contributed by atoms with Crippen molar-refractivity contribution in [2.24, 2.45) is 0 Å². The Morgan fingerprint density at radius 1 is 1.08 bits per heavy atom. The first-order chi connectivity index (χ1) is 12.7. The maximum atomic E-state index is 8.73. The Bertz CT molecular complexity index is 565. The molecule has 4 nitrogen and oxygen atoms in total. The first-order valence-corrected chi connectivity index (χ1v) is 10.7. The van der Waals surface area contributed by atoms with Crippen molar-refractivity contribution < 1.29 is 4.74 Å². The Labute approximate surface area is 167 Å². The minimum atomic E-state index is 0.627. The molecule has 1 saturated heterocycles. The number of hydrogen-bond donors (Lipinski definition) is 0. The molecule has 0 saturated carbocycles. The lowest BCUT2D eigenvalue weighted by Crippen LogP contribution is -2.46. The van der Waals surface area contributed by atoms with Gasteiger partial charge >= 0.3 is 0 Å². The van der Waals surface area contributed by atoms with Crippen molar-refractivity contribution in [1.29, 1.82) is 5.26 Å². The molecule has 1 aromatic carbocycles. The zero-order chi connectivity index (χ0) is 18.6. The summed E-state index contributed by atoms with van der Waals surface area (Å²) in [5, 5.41) is 8.73. The number of piperazine rings is 1. The summed E-state index contributed by atoms with van der Waals surface area (Å²) in [4.78, 5) is 4.87. The summed E-state index contributed by atoms with van der Waals surface area (Å²) in [7, 11) is 0. The molecule has 0 aromatic heterocycles. The lowest BCUT2D eigenvalue weighted by Gasteiger charge is -2.34. The highest BCUT2D eigenvalue weighted by atomic mass is 79.9. The summed E-state index contributed by atoms with van der Waals surface area (Å²) in [6, 6.07) is 8.58. The molecule has 0 spiro atoms. The van der Waals surface area contributed by atoms with Gasteiger partial charge in [-0.2, -0.15) is 5.26 Å². The molecule has 0 unspecified atom stereocenters. The van der Waals surface area contributed by atoms with Gasteiger partial charge < -0.3 is 4.74 Å². The van der Waals surface area contributed by atoms with Crippen LogP contribution < -0.4 is 4.74 Å². The van der Waals surface area contributed by atoms with Crippen LogP contribution >= 0.6 is 15.9 Å². The molecular formula is C21H32BrN3O. The number of nitriles is 1. The fourth-order valence-electron chi connectivity index (χ4n) is 3.32. The van der Waals surface area contributed by atoms with E-state index in [4.69, 9.17) is 10.00 Å². The Kier molecular flexibility index (Phi) is 10.1. The van der Waals surface area contributed by atoms with E-state index in [2.05, 4.69) is 56.9 Å². The Hall–Kier alpha value is -1.09. The van der Waals surface area contributed by atoms with E-state index in [-0.39, 0.29) is 0 Å². The number of unbranched alkanes of at least 4 members (excludes halogenated alkanes) is 4. The van der Waals surface area contributed by atoms with Gasteiger partial charge in [-0.15, -0.1) is 0 Å². The summed E-state index contributed by atoms with van der Waals surface area (Å²) in [5.41, 5.74) is 1.26. The molecule has 1 aliphatic rings. The normalized spacial score (nSPS) is 15.7. The summed E-state index contributed by atoms with van der Waals surface area (Å²) >= 11 is 3.60. The molecular weight excluding hydrogens is 390 g/mol. The maximum Gasteiger partial charge on any atom is 0.123 e. The Balaban J connectivity index is 1.81. The molecule has 144 valence electrons. The average Bonchev–Trinajstić information content (AvgIpc) is 2.65. The monoisotopic (exact) mass is 421 g/mol. The molecule has 1 fully saturated rings. The largest absolute Gasteiger partial charge is 0.493 e. The third-order valence-electron chi connectivity index (χ3n) is 4.93. The van der Waals surface area contributed by atoms with Gasteiger partial charge in [-0.25, -0.2) is 0 Å². The van der Waals surface area contributed by atoms with Gasteiger partial charge in [-0.05, 0) is 24.6 Å². The molecule has 0 atom stereocenters. The number of rotatable bonds is 11. The molecule has 0 N–H and O–H groups in total. The Morgan fingerprint density at radius 2 is 1.81 bits per heavy atom. The number of hydrogen-bond acceptors (Lipinski definition) is 4. The molecule has 1 heterocycles. The van der Waals surface area contributed by atoms with Crippen LogP contribution in [0.2, 0.25) is 0 Å². The summed E-state index contributed by atoms with van der Waals surface area (Å²) < 4.78 is 7.20. The lowest BCUT2D eigenvalue weighted by molar-refractivity contribution is 0.128. The van der Waals surface area contributed by atoms with Gasteiger partial charge in [0.15, 0.2) is 0 Å². The third kappa shape index (κ3) is 7.65. The SMILES string of the molecule is CCCCCCCOc1ccc(Br)cc1CN1CCN(CCC#N)CC1. The molecule has 2 rings (SSSR count). The second kappa shape index (κ2) is 12.3. The summed E-state index contributed by atoms with van der Waals surface area (Å²) in [5.74, 6) is 1.02. The highest BCUT2D eigenvalue weighted by molar-refractivity contribution is 9.10. The van der Waals surface area contributed by atoms with Crippen LogP contribution in [0, 0.1) is 11.3 Å². The van der Waals surface area contributed by atoms with Crippen molar-refractivity contribution in [3.05, 3.63) is 28.2 Å². The highest BCUT2D eigenvalue weighted by Crippen LogP contribution is 2.25. The molecule has 1 aliphatic heterocycles. The highest BCUT2D eigenvalue weighted by Gasteiger charge is 2.18. The predicted octanol–water partition coefficient (Wildman–Crippen LogP) is 4.83. The zero-order valence-corrected chi connectivity index (χ0v) is 17.6. The van der Waals surface area contributed by atoms with Gasteiger partial charge in [0, 0.05) is 55.7 Å². The van der Waals surface area contributed by atoms with E-state index in [1.165, 1.54) is 31.2 Å². The van der Waals surface area contributed by atoms with E-state index >= 15 is 0 Å². The second-order valence-electron chi connectivity index (χ2n) is 7.04. The quantitative estimate of drug-likeness (QED) is 0.479. The van der Waals surface area contributed by atoms with Gasteiger partial charge in [0.2, 0.25) is 0 Å². The maximum absolute atomic E-state index is 8.73. The number of nitrogens with zero attached hydrogens (tertiary/aromatic N) is 3. The van der Waals surface area contributed by atoms with E-state index in [0.29, 0.717) is 6.42 Å². The van der Waals surface area contributed by atoms with Crippen molar-refractivity contribution in [2.75, 3.05) is 39.3 Å². The second-order valence-corrected chi connectivity index (χ2v) is 7.96. The molecule has 0 radical (unpaired) electrons. The molecule has 1 aromatic rings. The Morgan fingerprint density at radius 3 is 2.54 bits per heavy atom. The van der Waals surface area contributed by atoms with Crippen LogP contribution in [0.4, 0.5) is 0 Å². The third-order valence-corrected chi connectivity index (χ3v) is 5.42. The summed E-state index contributed by atoms with van der Waals surface area (Å²) in [6.07, 6.45) is 6.92. The van der Waals surface area contributed by atoms with Gasteiger partial charge in [0.25, 0.3) is 0 Å². The molecule has 0 bridgehead atoms. The van der Waals surface area contributed by atoms with Crippen molar-refractivity contribution in [1.82, 2.24) is 9.80 Å². The minimum Gasteiger partial charge on any atom is -0.493 e. The van der Waals surface area contributed by atoms with E-state index < -0.39 is 0 Å². The van der Waals surface area contributed by atoms with Gasteiger partial charge in [-0.1, -0.05) is 48.5 Å². The van der Waals surface area contributed by atoms with Gasteiger partial charge in [0.05, 0.1) is 12.7 Å². The first-order valence-electron chi connectivity index (χ1n) is 9.96. The average molecular weight is 422 g/mol. The molecule has 26 heavy (non-hydrogen) atoms. The number of halogens is 1. The van der Waals surface area contributed by atoms with Crippen LogP contribution in [-0.2, 0) is 6.54 Å². The van der Waals surface area contributed by atoms with E-state index in [9.17, 15) is 0 Å². The van der Waals surface area contributed by atoms with E-state index in [1.807, 2.05) is 0 Å². The standard InChI is InChI=1S/C21H32BrN3O/c1-2-3-4-5-6-16-26-21-9-8-20(22)17-19(21)18-25-14-12-24(13-15-25)11-7-10-23/h8-9,17H,2-7,11-16,18H2,1H3. The number of benzene rings is 1. The predicted molar refractivity (Wildman–Crippen MR) is 110 cm³/mol. The van der Waals surface area contributed by atoms with Crippen molar-refractivity contribution in [3.63, 3.8) is 0 Å². The van der Waals surface area contributed by atoms with E-state index in [1.54, 1.807) is 0 Å². The lowest BCUT2D eigenvalue weighted by atomic mass is 10.1. The molecule has 0 amide bonds. The van der Waals surface area contributed by atoms with Gasteiger partial charge in [0.1, 0.15) is 5.75 Å².